The van der Waals surface area contributed by atoms with Gasteiger partial charge in [0.1, 0.15) is 5.76 Å². The maximum absolute atomic E-state index is 5.45. The molecule has 0 aliphatic heterocycles. The van der Waals surface area contributed by atoms with Crippen LogP contribution in [0, 0.1) is 0 Å². The quantitative estimate of drug-likeness (QED) is 0.601. The summed E-state index contributed by atoms with van der Waals surface area (Å²) in [5.41, 5.74) is 0. The zero-order chi connectivity index (χ0) is 7.94. The first-order valence-corrected chi connectivity index (χ1v) is 4.09. The van der Waals surface area contributed by atoms with Crippen molar-refractivity contribution in [2.45, 2.75) is 19.8 Å². The normalized spacial score (nSPS) is 15.9. The van der Waals surface area contributed by atoms with Gasteiger partial charge in [-0.05, 0) is 25.0 Å². The molecule has 0 N–H and O–H groups in total. The minimum absolute atomic E-state index is 0.816. The van der Waals surface area contributed by atoms with E-state index in [0.29, 0.717) is 0 Å². The number of allylic oxidation sites excluding steroid dienone is 5. The molecule has 0 radical (unpaired) electrons. The Hall–Kier alpha value is -0.980. The molecule has 0 heterocycles. The Bertz CT molecular complexity index is 187. The van der Waals surface area contributed by atoms with Crippen LogP contribution in [0.3, 0.4) is 0 Å². The summed E-state index contributed by atoms with van der Waals surface area (Å²) in [6.07, 6.45) is 12.3. The molecule has 1 rings (SSSR count). The molecule has 1 heteroatoms. The minimum Gasteiger partial charge on any atom is -0.494 e. The highest BCUT2D eigenvalue weighted by Gasteiger charge is 1.91. The van der Waals surface area contributed by atoms with Crippen LogP contribution in [0.5, 0.6) is 0 Å². The molecule has 0 aromatic heterocycles. The summed E-state index contributed by atoms with van der Waals surface area (Å²) in [4.78, 5) is 0. The van der Waals surface area contributed by atoms with E-state index in [0.717, 1.165) is 25.2 Å². The highest BCUT2D eigenvalue weighted by Crippen LogP contribution is 2.06. The Morgan fingerprint density at radius 2 is 2.36 bits per heavy atom. The van der Waals surface area contributed by atoms with E-state index in [-0.39, 0.29) is 0 Å². The van der Waals surface area contributed by atoms with Crippen LogP contribution >= 0.6 is 0 Å². The number of rotatable bonds is 3. The molecule has 0 atom stereocenters. The van der Waals surface area contributed by atoms with Crippen LogP contribution in [0.4, 0.5) is 0 Å². The van der Waals surface area contributed by atoms with Crippen LogP contribution in [-0.4, -0.2) is 6.61 Å². The summed E-state index contributed by atoms with van der Waals surface area (Å²) in [6, 6.07) is 0. The standard InChI is InChI=1S/C10H14O/c1-2-9-11-10-7-5-3-4-6-8-10/h3-5,7-8H,2,6,9H2,1H3. The van der Waals surface area contributed by atoms with Gasteiger partial charge in [-0.25, -0.2) is 0 Å². The summed E-state index contributed by atoms with van der Waals surface area (Å²) >= 11 is 0. The van der Waals surface area contributed by atoms with Crippen molar-refractivity contribution >= 4 is 0 Å². The first-order valence-electron chi connectivity index (χ1n) is 4.09. The molecule has 0 spiro atoms. The van der Waals surface area contributed by atoms with Crippen LogP contribution in [0.15, 0.2) is 36.1 Å². The van der Waals surface area contributed by atoms with Gasteiger partial charge in [-0.2, -0.15) is 0 Å². The summed E-state index contributed by atoms with van der Waals surface area (Å²) in [5, 5.41) is 0. The van der Waals surface area contributed by atoms with Crippen molar-refractivity contribution in [3.05, 3.63) is 36.1 Å². The minimum atomic E-state index is 0.816. The second-order valence-electron chi connectivity index (χ2n) is 2.48. The van der Waals surface area contributed by atoms with Crippen molar-refractivity contribution in [1.29, 1.82) is 0 Å². The molecule has 0 fully saturated rings. The summed E-state index contributed by atoms with van der Waals surface area (Å²) in [7, 11) is 0. The van der Waals surface area contributed by atoms with E-state index in [1.807, 2.05) is 18.2 Å². The second-order valence-corrected chi connectivity index (χ2v) is 2.48. The Labute approximate surface area is 68.1 Å². The number of hydrogen-bond acceptors (Lipinski definition) is 1. The predicted molar refractivity (Wildman–Crippen MR) is 47.2 cm³/mol. The molecule has 0 amide bonds. The maximum atomic E-state index is 5.45. The average Bonchev–Trinajstić information content (AvgIpc) is 2.28. The van der Waals surface area contributed by atoms with Gasteiger partial charge in [-0.3, -0.25) is 0 Å². The van der Waals surface area contributed by atoms with Crippen molar-refractivity contribution in [2.75, 3.05) is 6.61 Å². The van der Waals surface area contributed by atoms with Gasteiger partial charge >= 0.3 is 0 Å². The van der Waals surface area contributed by atoms with Gasteiger partial charge in [-0.15, -0.1) is 0 Å². The maximum Gasteiger partial charge on any atom is 0.115 e. The van der Waals surface area contributed by atoms with E-state index in [1.54, 1.807) is 0 Å². The van der Waals surface area contributed by atoms with Gasteiger partial charge in [0.25, 0.3) is 0 Å². The van der Waals surface area contributed by atoms with Gasteiger partial charge in [-0.1, -0.05) is 25.2 Å². The van der Waals surface area contributed by atoms with Crippen molar-refractivity contribution in [3.8, 4) is 0 Å². The second kappa shape index (κ2) is 4.78. The molecular weight excluding hydrogens is 136 g/mol. The first-order chi connectivity index (χ1) is 5.43. The van der Waals surface area contributed by atoms with Gasteiger partial charge in [0.15, 0.2) is 0 Å². The smallest absolute Gasteiger partial charge is 0.115 e. The third-order valence-electron chi connectivity index (χ3n) is 1.44. The largest absolute Gasteiger partial charge is 0.494 e. The van der Waals surface area contributed by atoms with Gasteiger partial charge < -0.3 is 4.74 Å². The molecule has 0 saturated carbocycles. The lowest BCUT2D eigenvalue weighted by Gasteiger charge is -2.03. The molecular formula is C10H14O. The van der Waals surface area contributed by atoms with Gasteiger partial charge in [0.05, 0.1) is 6.61 Å². The van der Waals surface area contributed by atoms with Crippen LogP contribution in [0.25, 0.3) is 0 Å². The van der Waals surface area contributed by atoms with Gasteiger partial charge in [0.2, 0.25) is 0 Å². The van der Waals surface area contributed by atoms with Crippen LogP contribution in [0.2, 0.25) is 0 Å². The highest BCUT2D eigenvalue weighted by molar-refractivity contribution is 5.21. The lowest BCUT2D eigenvalue weighted by atomic mass is 10.3. The Balaban J connectivity index is 2.38. The monoisotopic (exact) mass is 150 g/mol. The van der Waals surface area contributed by atoms with E-state index in [4.69, 9.17) is 4.74 Å². The summed E-state index contributed by atoms with van der Waals surface area (Å²) < 4.78 is 5.45. The van der Waals surface area contributed by atoms with E-state index >= 15 is 0 Å². The fraction of sp³-hybridized carbons (Fsp3) is 0.400. The Morgan fingerprint density at radius 3 is 3.18 bits per heavy atom. The topological polar surface area (TPSA) is 9.23 Å². The molecule has 11 heavy (non-hydrogen) atoms. The molecule has 0 bridgehead atoms. The molecule has 0 unspecified atom stereocenters. The zero-order valence-corrected chi connectivity index (χ0v) is 6.92. The van der Waals surface area contributed by atoms with Crippen LogP contribution < -0.4 is 0 Å². The molecule has 1 nitrogen and oxygen atoms in total. The third kappa shape index (κ3) is 3.08. The number of hydrogen-bond donors (Lipinski definition) is 0. The summed E-state index contributed by atoms with van der Waals surface area (Å²) in [5.74, 6) is 0.997. The van der Waals surface area contributed by atoms with E-state index < -0.39 is 0 Å². The highest BCUT2D eigenvalue weighted by atomic mass is 16.5. The molecule has 0 aromatic rings. The average molecular weight is 150 g/mol. The molecule has 1 aliphatic rings. The number of ether oxygens (including phenoxy) is 1. The SMILES string of the molecule is CCCOC1=CCC=CC=C1. The zero-order valence-electron chi connectivity index (χ0n) is 6.92. The van der Waals surface area contributed by atoms with Crippen molar-refractivity contribution in [2.24, 2.45) is 0 Å². The van der Waals surface area contributed by atoms with E-state index in [9.17, 15) is 0 Å². The van der Waals surface area contributed by atoms with Crippen LogP contribution in [0.1, 0.15) is 19.8 Å². The van der Waals surface area contributed by atoms with Crippen molar-refractivity contribution < 1.29 is 4.74 Å². The fourth-order valence-corrected chi connectivity index (χ4v) is 0.887. The first kappa shape index (κ1) is 8.12. The predicted octanol–water partition coefficient (Wildman–Crippen LogP) is 2.81. The molecule has 0 aromatic carbocycles. The summed E-state index contributed by atoms with van der Waals surface area (Å²) in [6.45, 7) is 2.93. The Kier molecular flexibility index (Phi) is 3.53. The van der Waals surface area contributed by atoms with Crippen LogP contribution in [-0.2, 0) is 4.74 Å². The third-order valence-corrected chi connectivity index (χ3v) is 1.44. The Morgan fingerprint density at radius 1 is 1.45 bits per heavy atom. The van der Waals surface area contributed by atoms with E-state index in [1.165, 1.54) is 0 Å². The molecule has 1 aliphatic carbocycles. The lowest BCUT2D eigenvalue weighted by molar-refractivity contribution is 0.224. The molecule has 0 saturated heterocycles. The van der Waals surface area contributed by atoms with Crippen molar-refractivity contribution in [3.63, 3.8) is 0 Å². The van der Waals surface area contributed by atoms with Gasteiger partial charge in [0, 0.05) is 0 Å². The van der Waals surface area contributed by atoms with Crippen molar-refractivity contribution in [1.82, 2.24) is 0 Å². The lowest BCUT2D eigenvalue weighted by Crippen LogP contribution is -1.90. The van der Waals surface area contributed by atoms with E-state index in [2.05, 4.69) is 19.1 Å². The molecule has 60 valence electrons. The fourth-order valence-electron chi connectivity index (χ4n) is 0.887.